The van der Waals surface area contributed by atoms with Gasteiger partial charge in [0.25, 0.3) is 0 Å². The third-order valence-corrected chi connectivity index (χ3v) is 4.61. The Morgan fingerprint density at radius 1 is 1.27 bits per heavy atom. The van der Waals surface area contributed by atoms with E-state index >= 15 is 0 Å². The van der Waals surface area contributed by atoms with E-state index < -0.39 is 0 Å². The molecule has 112 valence electrons. The average Bonchev–Trinajstić information content (AvgIpc) is 2.99. The number of benzene rings is 1. The highest BCUT2D eigenvalue weighted by Crippen LogP contribution is 2.34. The zero-order valence-corrected chi connectivity index (χ0v) is 12.8. The van der Waals surface area contributed by atoms with E-state index in [9.17, 15) is 0 Å². The van der Waals surface area contributed by atoms with Crippen LogP contribution in [0.4, 0.5) is 5.82 Å². The quantitative estimate of drug-likeness (QED) is 0.767. The number of aromatic amines is 1. The van der Waals surface area contributed by atoms with Gasteiger partial charge in [0, 0.05) is 6.20 Å². The van der Waals surface area contributed by atoms with Gasteiger partial charge in [0.05, 0.1) is 11.4 Å². The van der Waals surface area contributed by atoms with Gasteiger partial charge in [-0.15, -0.1) is 0 Å². The lowest BCUT2D eigenvalue weighted by Gasteiger charge is -2.27. The number of hydrogen-bond donors (Lipinski definition) is 2. The zero-order valence-electron chi connectivity index (χ0n) is 12.8. The van der Waals surface area contributed by atoms with Crippen LogP contribution in [-0.2, 0) is 12.8 Å². The molecule has 0 amide bonds. The van der Waals surface area contributed by atoms with Crippen molar-refractivity contribution in [2.24, 2.45) is 0 Å². The van der Waals surface area contributed by atoms with Crippen LogP contribution in [0.1, 0.15) is 42.5 Å². The van der Waals surface area contributed by atoms with Gasteiger partial charge >= 0.3 is 0 Å². The lowest BCUT2D eigenvalue weighted by atomic mass is 9.87. The van der Waals surface area contributed by atoms with Gasteiger partial charge in [-0.3, -0.25) is 0 Å². The fourth-order valence-corrected chi connectivity index (χ4v) is 3.48. The van der Waals surface area contributed by atoms with E-state index in [1.54, 1.807) is 6.33 Å². The Hall–Kier alpha value is -2.36. The SMILES string of the molecule is CCc1c[nH]c2ncnc(NC3CCCc4ccccc43)c12. The van der Waals surface area contributed by atoms with Crippen LogP contribution in [0, 0.1) is 0 Å². The Morgan fingerprint density at radius 3 is 3.09 bits per heavy atom. The molecule has 1 atom stereocenters. The fourth-order valence-electron chi connectivity index (χ4n) is 3.48. The van der Waals surface area contributed by atoms with E-state index in [1.807, 2.05) is 6.20 Å². The van der Waals surface area contributed by atoms with Crippen molar-refractivity contribution in [2.75, 3.05) is 5.32 Å². The Labute approximate surface area is 130 Å². The van der Waals surface area contributed by atoms with Crippen LogP contribution in [0.15, 0.2) is 36.8 Å². The maximum absolute atomic E-state index is 4.51. The maximum Gasteiger partial charge on any atom is 0.143 e. The second-order valence-corrected chi connectivity index (χ2v) is 5.90. The minimum Gasteiger partial charge on any atom is -0.363 e. The first-order chi connectivity index (χ1) is 10.9. The number of anilines is 1. The zero-order chi connectivity index (χ0) is 14.9. The molecular formula is C18H20N4. The molecule has 0 bridgehead atoms. The summed E-state index contributed by atoms with van der Waals surface area (Å²) in [5, 5.41) is 4.80. The number of nitrogens with zero attached hydrogens (tertiary/aromatic N) is 2. The number of aryl methyl sites for hydroxylation is 2. The molecule has 22 heavy (non-hydrogen) atoms. The Bertz CT molecular complexity index is 806. The van der Waals surface area contributed by atoms with Gasteiger partial charge < -0.3 is 10.3 Å². The molecule has 1 aromatic carbocycles. The van der Waals surface area contributed by atoms with Crippen molar-refractivity contribution < 1.29 is 0 Å². The molecular weight excluding hydrogens is 272 g/mol. The fraction of sp³-hybridized carbons (Fsp3) is 0.333. The number of aromatic nitrogens is 3. The highest BCUT2D eigenvalue weighted by molar-refractivity contribution is 5.90. The minimum absolute atomic E-state index is 0.336. The van der Waals surface area contributed by atoms with Crippen molar-refractivity contribution in [3.8, 4) is 0 Å². The number of nitrogens with one attached hydrogen (secondary N) is 2. The summed E-state index contributed by atoms with van der Waals surface area (Å²) in [6.07, 6.45) is 8.20. The molecule has 2 N–H and O–H groups in total. The normalized spacial score (nSPS) is 17.4. The first kappa shape index (κ1) is 13.3. The number of rotatable bonds is 3. The highest BCUT2D eigenvalue weighted by atomic mass is 15.1. The molecule has 0 spiro atoms. The van der Waals surface area contributed by atoms with E-state index in [2.05, 4.69) is 51.5 Å². The first-order valence-electron chi connectivity index (χ1n) is 8.02. The van der Waals surface area contributed by atoms with Crippen molar-refractivity contribution in [3.05, 3.63) is 53.5 Å². The van der Waals surface area contributed by atoms with Crippen molar-refractivity contribution in [3.63, 3.8) is 0 Å². The van der Waals surface area contributed by atoms with Crippen LogP contribution >= 0.6 is 0 Å². The summed E-state index contributed by atoms with van der Waals surface area (Å²) in [5.41, 5.74) is 5.05. The molecule has 4 heteroatoms. The maximum atomic E-state index is 4.51. The molecule has 1 aliphatic rings. The second-order valence-electron chi connectivity index (χ2n) is 5.90. The highest BCUT2D eigenvalue weighted by Gasteiger charge is 2.21. The third kappa shape index (κ3) is 2.15. The van der Waals surface area contributed by atoms with E-state index in [1.165, 1.54) is 29.5 Å². The third-order valence-electron chi connectivity index (χ3n) is 4.61. The van der Waals surface area contributed by atoms with Gasteiger partial charge in [0.15, 0.2) is 0 Å². The van der Waals surface area contributed by atoms with E-state index in [4.69, 9.17) is 0 Å². The summed E-state index contributed by atoms with van der Waals surface area (Å²) < 4.78 is 0. The second kappa shape index (κ2) is 5.44. The molecule has 4 rings (SSSR count). The molecule has 0 radical (unpaired) electrons. The largest absolute Gasteiger partial charge is 0.363 e. The molecule has 0 saturated carbocycles. The van der Waals surface area contributed by atoms with Gasteiger partial charge in [-0.05, 0) is 42.4 Å². The smallest absolute Gasteiger partial charge is 0.143 e. The van der Waals surface area contributed by atoms with Crippen molar-refractivity contribution in [1.82, 2.24) is 15.0 Å². The minimum atomic E-state index is 0.336. The molecule has 2 aromatic heterocycles. The monoisotopic (exact) mass is 292 g/mol. The lowest BCUT2D eigenvalue weighted by Crippen LogP contribution is -2.18. The van der Waals surface area contributed by atoms with Crippen LogP contribution in [-0.4, -0.2) is 15.0 Å². The molecule has 1 unspecified atom stereocenters. The van der Waals surface area contributed by atoms with Crippen LogP contribution < -0.4 is 5.32 Å². The van der Waals surface area contributed by atoms with Gasteiger partial charge in [-0.2, -0.15) is 0 Å². The van der Waals surface area contributed by atoms with E-state index in [0.717, 1.165) is 29.7 Å². The van der Waals surface area contributed by atoms with Crippen LogP contribution in [0.25, 0.3) is 11.0 Å². The number of fused-ring (bicyclic) bond motifs is 2. The van der Waals surface area contributed by atoms with Crippen molar-refractivity contribution in [1.29, 1.82) is 0 Å². The van der Waals surface area contributed by atoms with Gasteiger partial charge in [-0.25, -0.2) is 9.97 Å². The summed E-state index contributed by atoms with van der Waals surface area (Å²) >= 11 is 0. The molecule has 2 heterocycles. The van der Waals surface area contributed by atoms with Crippen molar-refractivity contribution in [2.45, 2.75) is 38.6 Å². The van der Waals surface area contributed by atoms with Gasteiger partial charge in [0.1, 0.15) is 17.8 Å². The lowest BCUT2D eigenvalue weighted by molar-refractivity contribution is 0.599. The van der Waals surface area contributed by atoms with Crippen molar-refractivity contribution >= 4 is 16.9 Å². The number of H-pyrrole nitrogens is 1. The van der Waals surface area contributed by atoms with E-state index in [-0.39, 0.29) is 0 Å². The number of hydrogen-bond acceptors (Lipinski definition) is 3. The average molecular weight is 292 g/mol. The summed E-state index contributed by atoms with van der Waals surface area (Å²) in [5.74, 6) is 0.949. The topological polar surface area (TPSA) is 53.6 Å². The predicted octanol–water partition coefficient (Wildman–Crippen LogP) is 4.01. The first-order valence-corrected chi connectivity index (χ1v) is 8.02. The molecule has 1 aliphatic carbocycles. The van der Waals surface area contributed by atoms with Gasteiger partial charge in [0.2, 0.25) is 0 Å². The summed E-state index contributed by atoms with van der Waals surface area (Å²) in [4.78, 5) is 12.1. The molecule has 4 nitrogen and oxygen atoms in total. The summed E-state index contributed by atoms with van der Waals surface area (Å²) in [6, 6.07) is 9.07. The van der Waals surface area contributed by atoms with Gasteiger partial charge in [-0.1, -0.05) is 31.2 Å². The Kier molecular flexibility index (Phi) is 3.29. The Balaban J connectivity index is 1.74. The van der Waals surface area contributed by atoms with Crippen LogP contribution in [0.5, 0.6) is 0 Å². The molecule has 3 aromatic rings. The molecule has 0 fully saturated rings. The summed E-state index contributed by atoms with van der Waals surface area (Å²) in [6.45, 7) is 2.16. The molecule has 0 saturated heterocycles. The standard InChI is InChI=1S/C18H20N4/c1-2-12-10-19-17-16(12)18(21-11-20-17)22-15-9-5-7-13-6-3-4-8-14(13)15/h3-4,6,8,10-11,15H,2,5,7,9H2,1H3,(H2,19,20,21,22). The van der Waals surface area contributed by atoms with Crippen LogP contribution in [0.2, 0.25) is 0 Å². The van der Waals surface area contributed by atoms with Crippen LogP contribution in [0.3, 0.4) is 0 Å². The molecule has 0 aliphatic heterocycles. The van der Waals surface area contributed by atoms with E-state index in [0.29, 0.717) is 6.04 Å². The predicted molar refractivity (Wildman–Crippen MR) is 89.0 cm³/mol. The summed E-state index contributed by atoms with van der Waals surface area (Å²) in [7, 11) is 0. The Morgan fingerprint density at radius 2 is 2.18 bits per heavy atom.